The first-order valence-corrected chi connectivity index (χ1v) is 7.45. The Morgan fingerprint density at radius 2 is 1.79 bits per heavy atom. The number of hydrogen-bond donors (Lipinski definition) is 0. The summed E-state index contributed by atoms with van der Waals surface area (Å²) >= 11 is 2.85. The molecule has 0 amide bonds. The van der Waals surface area contributed by atoms with E-state index in [1.165, 1.54) is 35.2 Å². The van der Waals surface area contributed by atoms with Gasteiger partial charge in [0.05, 0.1) is 4.70 Å². The van der Waals surface area contributed by atoms with Gasteiger partial charge in [0.1, 0.15) is 17.2 Å². The van der Waals surface area contributed by atoms with E-state index in [4.69, 9.17) is 0 Å². The van der Waals surface area contributed by atoms with E-state index in [2.05, 4.69) is 4.98 Å². The van der Waals surface area contributed by atoms with Crippen LogP contribution in [0.5, 0.6) is 0 Å². The van der Waals surface area contributed by atoms with Crippen molar-refractivity contribution < 1.29 is 8.78 Å². The molecule has 0 aliphatic rings. The number of benzene rings is 2. The van der Waals surface area contributed by atoms with Gasteiger partial charge >= 0.3 is 0 Å². The minimum Gasteiger partial charge on any atom is -0.227 e. The van der Waals surface area contributed by atoms with Gasteiger partial charge in [0.25, 0.3) is 0 Å². The number of fused-ring (bicyclic) bond motifs is 1. The Bertz CT molecular complexity index is 724. The van der Waals surface area contributed by atoms with E-state index in [0.29, 0.717) is 16.8 Å². The standard InChI is InChI=1S/C14H9F2NS2/c15-10-5-2-1-4-9(10)8-18-14-17-13-11(16)6-3-7-12(13)19-14/h1-7H,8H2. The number of thioether (sulfide) groups is 1. The van der Waals surface area contributed by atoms with Gasteiger partial charge in [-0.05, 0) is 23.8 Å². The van der Waals surface area contributed by atoms with Crippen LogP contribution < -0.4 is 0 Å². The molecule has 0 N–H and O–H groups in total. The Hall–Kier alpha value is -1.46. The Kier molecular flexibility index (Phi) is 3.48. The lowest BCUT2D eigenvalue weighted by Gasteiger charge is -1.99. The topological polar surface area (TPSA) is 12.9 Å². The Balaban J connectivity index is 1.83. The number of hydrogen-bond acceptors (Lipinski definition) is 3. The summed E-state index contributed by atoms with van der Waals surface area (Å²) in [6.07, 6.45) is 0. The molecule has 0 saturated heterocycles. The highest BCUT2D eigenvalue weighted by molar-refractivity contribution is 8.00. The van der Waals surface area contributed by atoms with Gasteiger partial charge in [-0.3, -0.25) is 0 Å². The van der Waals surface area contributed by atoms with Gasteiger partial charge < -0.3 is 0 Å². The van der Waals surface area contributed by atoms with Crippen LogP contribution in [0.3, 0.4) is 0 Å². The largest absolute Gasteiger partial charge is 0.227 e. The molecular weight excluding hydrogens is 284 g/mol. The first-order valence-electron chi connectivity index (χ1n) is 5.65. The molecule has 0 aliphatic heterocycles. The predicted octanol–water partition coefficient (Wildman–Crippen LogP) is 4.87. The molecule has 1 nitrogen and oxygen atoms in total. The first-order chi connectivity index (χ1) is 9.24. The maximum absolute atomic E-state index is 13.5. The van der Waals surface area contributed by atoms with Crippen molar-refractivity contribution in [2.45, 2.75) is 10.1 Å². The van der Waals surface area contributed by atoms with Crippen molar-refractivity contribution in [1.29, 1.82) is 0 Å². The Morgan fingerprint density at radius 1 is 1.00 bits per heavy atom. The smallest absolute Gasteiger partial charge is 0.151 e. The molecule has 19 heavy (non-hydrogen) atoms. The number of halogens is 2. The molecule has 0 aliphatic carbocycles. The minimum atomic E-state index is -0.313. The Morgan fingerprint density at radius 3 is 2.58 bits per heavy atom. The molecule has 1 aromatic heterocycles. The van der Waals surface area contributed by atoms with Crippen LogP contribution in [0.25, 0.3) is 10.2 Å². The van der Waals surface area contributed by atoms with Crippen molar-refractivity contribution in [3.05, 3.63) is 59.7 Å². The van der Waals surface area contributed by atoms with Crippen molar-refractivity contribution in [2.24, 2.45) is 0 Å². The molecule has 0 radical (unpaired) electrons. The van der Waals surface area contributed by atoms with Gasteiger partial charge in [0.2, 0.25) is 0 Å². The Labute approximate surface area is 117 Å². The van der Waals surface area contributed by atoms with Crippen LogP contribution in [0.4, 0.5) is 8.78 Å². The predicted molar refractivity (Wildman–Crippen MR) is 75.5 cm³/mol. The van der Waals surface area contributed by atoms with E-state index >= 15 is 0 Å². The monoisotopic (exact) mass is 293 g/mol. The first kappa shape index (κ1) is 12.6. The summed E-state index contributed by atoms with van der Waals surface area (Å²) in [5.74, 6) is -0.0394. The average Bonchev–Trinajstić information content (AvgIpc) is 2.82. The van der Waals surface area contributed by atoms with Crippen LogP contribution in [0.2, 0.25) is 0 Å². The molecular formula is C14H9F2NS2. The molecule has 3 rings (SSSR count). The van der Waals surface area contributed by atoms with E-state index in [9.17, 15) is 8.78 Å². The third-order valence-corrected chi connectivity index (χ3v) is 4.87. The van der Waals surface area contributed by atoms with Gasteiger partial charge in [-0.2, -0.15) is 0 Å². The molecule has 2 aromatic carbocycles. The van der Waals surface area contributed by atoms with Crippen molar-refractivity contribution >= 4 is 33.3 Å². The summed E-state index contributed by atoms with van der Waals surface area (Å²) in [6.45, 7) is 0. The van der Waals surface area contributed by atoms with Crippen molar-refractivity contribution in [1.82, 2.24) is 4.98 Å². The summed E-state index contributed by atoms with van der Waals surface area (Å²) < 4.78 is 28.5. The summed E-state index contributed by atoms with van der Waals surface area (Å²) in [5, 5.41) is 0. The SMILES string of the molecule is Fc1ccccc1CSc1nc2c(F)cccc2s1. The zero-order chi connectivity index (χ0) is 13.2. The molecule has 0 spiro atoms. The van der Waals surface area contributed by atoms with Crippen LogP contribution in [0, 0.1) is 11.6 Å². The van der Waals surface area contributed by atoms with Crippen LogP contribution >= 0.6 is 23.1 Å². The molecule has 0 atom stereocenters. The highest BCUT2D eigenvalue weighted by Crippen LogP contribution is 2.32. The van der Waals surface area contributed by atoms with Crippen LogP contribution in [0.15, 0.2) is 46.8 Å². The highest BCUT2D eigenvalue weighted by Gasteiger charge is 2.09. The molecule has 0 saturated carbocycles. The second-order valence-electron chi connectivity index (χ2n) is 3.95. The van der Waals surface area contributed by atoms with Gasteiger partial charge in [-0.1, -0.05) is 36.0 Å². The second kappa shape index (κ2) is 5.27. The van der Waals surface area contributed by atoms with E-state index in [1.807, 2.05) is 6.07 Å². The molecule has 0 fully saturated rings. The lowest BCUT2D eigenvalue weighted by Crippen LogP contribution is -1.85. The lowest BCUT2D eigenvalue weighted by atomic mass is 10.2. The highest BCUT2D eigenvalue weighted by atomic mass is 32.2. The fourth-order valence-electron chi connectivity index (χ4n) is 1.71. The van der Waals surface area contributed by atoms with E-state index < -0.39 is 0 Å². The fraction of sp³-hybridized carbons (Fsp3) is 0.0714. The summed E-state index contributed by atoms with van der Waals surface area (Å²) in [4.78, 5) is 4.24. The average molecular weight is 293 g/mol. The molecule has 96 valence electrons. The minimum absolute atomic E-state index is 0.220. The molecule has 0 bridgehead atoms. The maximum Gasteiger partial charge on any atom is 0.151 e. The van der Waals surface area contributed by atoms with Gasteiger partial charge in [-0.25, -0.2) is 13.8 Å². The third-order valence-electron chi connectivity index (χ3n) is 2.66. The van der Waals surface area contributed by atoms with Gasteiger partial charge in [0, 0.05) is 5.75 Å². The summed E-state index contributed by atoms with van der Waals surface area (Å²) in [6, 6.07) is 11.6. The van der Waals surface area contributed by atoms with Gasteiger partial charge in [0.15, 0.2) is 4.34 Å². The number of para-hydroxylation sites is 1. The van der Waals surface area contributed by atoms with E-state index in [-0.39, 0.29) is 11.6 Å². The summed E-state index contributed by atoms with van der Waals surface area (Å²) in [5.41, 5.74) is 1.02. The number of rotatable bonds is 3. The molecule has 5 heteroatoms. The van der Waals surface area contributed by atoms with Crippen LogP contribution in [-0.2, 0) is 5.75 Å². The van der Waals surface area contributed by atoms with Crippen LogP contribution in [-0.4, -0.2) is 4.98 Å². The zero-order valence-electron chi connectivity index (χ0n) is 9.77. The molecule has 0 unspecified atom stereocenters. The van der Waals surface area contributed by atoms with E-state index in [1.54, 1.807) is 24.3 Å². The fourth-order valence-corrected chi connectivity index (χ4v) is 3.77. The zero-order valence-corrected chi connectivity index (χ0v) is 11.4. The van der Waals surface area contributed by atoms with Crippen molar-refractivity contribution in [3.8, 4) is 0 Å². The van der Waals surface area contributed by atoms with Crippen LogP contribution in [0.1, 0.15) is 5.56 Å². The lowest BCUT2D eigenvalue weighted by molar-refractivity contribution is 0.617. The molecule has 3 aromatic rings. The number of thiazole rings is 1. The normalized spacial score (nSPS) is 11.1. The van der Waals surface area contributed by atoms with Gasteiger partial charge in [-0.15, -0.1) is 11.3 Å². The third kappa shape index (κ3) is 2.62. The van der Waals surface area contributed by atoms with Crippen molar-refractivity contribution in [3.63, 3.8) is 0 Å². The number of aromatic nitrogens is 1. The van der Waals surface area contributed by atoms with Crippen molar-refractivity contribution in [2.75, 3.05) is 0 Å². The quantitative estimate of drug-likeness (QED) is 0.639. The summed E-state index contributed by atoms with van der Waals surface area (Å²) in [7, 11) is 0. The van der Waals surface area contributed by atoms with E-state index in [0.717, 1.165) is 9.04 Å². The maximum atomic E-state index is 13.5. The number of nitrogens with zero attached hydrogens (tertiary/aromatic N) is 1. The second-order valence-corrected chi connectivity index (χ2v) is 6.20. The molecule has 1 heterocycles.